The van der Waals surface area contributed by atoms with Crippen molar-refractivity contribution in [1.82, 2.24) is 4.98 Å². The number of hydrogen-bond acceptors (Lipinski definition) is 2. The van der Waals surface area contributed by atoms with Gasteiger partial charge in [-0.15, -0.1) is 0 Å². The van der Waals surface area contributed by atoms with Gasteiger partial charge in [-0.3, -0.25) is 0 Å². The zero-order valence-corrected chi connectivity index (χ0v) is 7.67. The molecule has 13 heavy (non-hydrogen) atoms. The van der Waals surface area contributed by atoms with E-state index in [1.807, 2.05) is 13.1 Å². The zero-order valence-electron chi connectivity index (χ0n) is 7.67. The standard InChI is InChI=1S/C10H13NO2/c1-2-13-10(12)9-6-11-5-8(9)7-3-4-7/h5-7,11H,2-4H2,1H3. The van der Waals surface area contributed by atoms with E-state index in [9.17, 15) is 4.79 Å². The summed E-state index contributed by atoms with van der Waals surface area (Å²) in [7, 11) is 0. The van der Waals surface area contributed by atoms with Crippen LogP contribution in [0.4, 0.5) is 0 Å². The molecule has 70 valence electrons. The van der Waals surface area contributed by atoms with Gasteiger partial charge >= 0.3 is 5.97 Å². The average molecular weight is 179 g/mol. The second kappa shape index (κ2) is 3.24. The lowest BCUT2D eigenvalue weighted by atomic mass is 10.1. The van der Waals surface area contributed by atoms with Crippen molar-refractivity contribution in [2.24, 2.45) is 0 Å². The van der Waals surface area contributed by atoms with E-state index >= 15 is 0 Å². The molecule has 0 aromatic carbocycles. The van der Waals surface area contributed by atoms with E-state index in [1.165, 1.54) is 12.8 Å². The molecule has 0 amide bonds. The highest BCUT2D eigenvalue weighted by molar-refractivity contribution is 5.91. The third-order valence-corrected chi connectivity index (χ3v) is 2.29. The van der Waals surface area contributed by atoms with Gasteiger partial charge in [-0.25, -0.2) is 4.79 Å². The van der Waals surface area contributed by atoms with Crippen LogP contribution in [0.15, 0.2) is 12.4 Å². The maximum absolute atomic E-state index is 11.4. The minimum absolute atomic E-state index is 0.203. The van der Waals surface area contributed by atoms with Crippen LogP contribution >= 0.6 is 0 Å². The Kier molecular flexibility index (Phi) is 2.08. The predicted molar refractivity (Wildman–Crippen MR) is 48.7 cm³/mol. The number of rotatable bonds is 3. The maximum Gasteiger partial charge on any atom is 0.339 e. The summed E-state index contributed by atoms with van der Waals surface area (Å²) in [5, 5.41) is 0. The van der Waals surface area contributed by atoms with E-state index in [0.717, 1.165) is 5.56 Å². The molecule has 0 aliphatic heterocycles. The fourth-order valence-electron chi connectivity index (χ4n) is 1.49. The summed E-state index contributed by atoms with van der Waals surface area (Å²) in [5.41, 5.74) is 1.84. The molecule has 1 aliphatic carbocycles. The third-order valence-electron chi connectivity index (χ3n) is 2.29. The highest BCUT2D eigenvalue weighted by Crippen LogP contribution is 2.41. The molecule has 0 spiro atoms. The van der Waals surface area contributed by atoms with E-state index in [2.05, 4.69) is 4.98 Å². The number of nitrogens with one attached hydrogen (secondary N) is 1. The van der Waals surface area contributed by atoms with Crippen LogP contribution in [0.5, 0.6) is 0 Å². The van der Waals surface area contributed by atoms with Crippen molar-refractivity contribution in [3.05, 3.63) is 23.5 Å². The lowest BCUT2D eigenvalue weighted by molar-refractivity contribution is 0.0525. The molecular formula is C10H13NO2. The van der Waals surface area contributed by atoms with Gasteiger partial charge in [0.25, 0.3) is 0 Å². The zero-order chi connectivity index (χ0) is 9.26. The molecule has 3 nitrogen and oxygen atoms in total. The Morgan fingerprint density at radius 2 is 2.38 bits per heavy atom. The molecule has 1 heterocycles. The summed E-state index contributed by atoms with van der Waals surface area (Å²) in [6.45, 7) is 2.26. The predicted octanol–water partition coefficient (Wildman–Crippen LogP) is 2.07. The van der Waals surface area contributed by atoms with Crippen LogP contribution in [-0.2, 0) is 4.74 Å². The largest absolute Gasteiger partial charge is 0.462 e. The highest BCUT2D eigenvalue weighted by Gasteiger charge is 2.28. The number of esters is 1. The molecule has 1 N–H and O–H groups in total. The molecule has 1 aromatic heterocycles. The van der Waals surface area contributed by atoms with Crippen LogP contribution < -0.4 is 0 Å². The maximum atomic E-state index is 11.4. The number of H-pyrrole nitrogens is 1. The molecule has 3 heteroatoms. The molecule has 2 rings (SSSR count). The summed E-state index contributed by atoms with van der Waals surface area (Å²) in [4.78, 5) is 14.4. The van der Waals surface area contributed by atoms with Gasteiger partial charge in [-0.1, -0.05) is 0 Å². The summed E-state index contributed by atoms with van der Waals surface area (Å²) in [6, 6.07) is 0. The van der Waals surface area contributed by atoms with Crippen LogP contribution in [0.2, 0.25) is 0 Å². The van der Waals surface area contributed by atoms with Gasteiger partial charge in [0.1, 0.15) is 0 Å². The lowest BCUT2D eigenvalue weighted by Crippen LogP contribution is -2.05. The molecule has 0 radical (unpaired) electrons. The fraction of sp³-hybridized carbons (Fsp3) is 0.500. The van der Waals surface area contributed by atoms with Crippen molar-refractivity contribution in [2.45, 2.75) is 25.7 Å². The Bertz CT molecular complexity index is 312. The number of hydrogen-bond donors (Lipinski definition) is 1. The van der Waals surface area contributed by atoms with Crippen LogP contribution in [0.25, 0.3) is 0 Å². The van der Waals surface area contributed by atoms with Crippen molar-refractivity contribution in [3.63, 3.8) is 0 Å². The van der Waals surface area contributed by atoms with Crippen LogP contribution in [0, 0.1) is 0 Å². The quantitative estimate of drug-likeness (QED) is 0.722. The normalized spacial score (nSPS) is 15.8. The Morgan fingerprint density at radius 3 is 3.00 bits per heavy atom. The second-order valence-electron chi connectivity index (χ2n) is 3.32. The van der Waals surface area contributed by atoms with Crippen molar-refractivity contribution < 1.29 is 9.53 Å². The van der Waals surface area contributed by atoms with Crippen molar-refractivity contribution >= 4 is 5.97 Å². The fourth-order valence-corrected chi connectivity index (χ4v) is 1.49. The summed E-state index contributed by atoms with van der Waals surface area (Å²) >= 11 is 0. The molecule has 1 aliphatic rings. The van der Waals surface area contributed by atoms with Crippen molar-refractivity contribution in [1.29, 1.82) is 0 Å². The highest BCUT2D eigenvalue weighted by atomic mass is 16.5. The van der Waals surface area contributed by atoms with Gasteiger partial charge < -0.3 is 9.72 Å². The van der Waals surface area contributed by atoms with E-state index in [4.69, 9.17) is 4.74 Å². The number of carbonyl (C=O) groups excluding carboxylic acids is 1. The Morgan fingerprint density at radius 1 is 1.62 bits per heavy atom. The molecule has 1 saturated carbocycles. The Hall–Kier alpha value is -1.25. The molecule has 1 aromatic rings. The van der Waals surface area contributed by atoms with Crippen LogP contribution in [0.1, 0.15) is 41.6 Å². The van der Waals surface area contributed by atoms with Gasteiger partial charge in [0.2, 0.25) is 0 Å². The van der Waals surface area contributed by atoms with Gasteiger partial charge in [0.15, 0.2) is 0 Å². The molecule has 0 bridgehead atoms. The van der Waals surface area contributed by atoms with Crippen molar-refractivity contribution in [2.75, 3.05) is 6.61 Å². The second-order valence-corrected chi connectivity index (χ2v) is 3.32. The number of aromatic amines is 1. The van der Waals surface area contributed by atoms with Crippen LogP contribution in [-0.4, -0.2) is 17.6 Å². The Balaban J connectivity index is 2.18. The number of aromatic nitrogens is 1. The van der Waals surface area contributed by atoms with E-state index in [1.54, 1.807) is 6.20 Å². The van der Waals surface area contributed by atoms with Crippen molar-refractivity contribution in [3.8, 4) is 0 Å². The average Bonchev–Trinajstić information content (AvgIpc) is 2.84. The molecule has 1 fully saturated rings. The summed E-state index contributed by atoms with van der Waals surface area (Å²) < 4.78 is 4.95. The van der Waals surface area contributed by atoms with E-state index in [0.29, 0.717) is 18.1 Å². The molecular weight excluding hydrogens is 166 g/mol. The van der Waals surface area contributed by atoms with E-state index < -0.39 is 0 Å². The topological polar surface area (TPSA) is 42.1 Å². The smallest absolute Gasteiger partial charge is 0.339 e. The number of carbonyl (C=O) groups is 1. The van der Waals surface area contributed by atoms with Gasteiger partial charge in [-0.05, 0) is 31.2 Å². The first-order valence-electron chi connectivity index (χ1n) is 4.66. The molecule has 0 atom stereocenters. The first-order chi connectivity index (χ1) is 6.33. The minimum atomic E-state index is -0.203. The third kappa shape index (κ3) is 1.59. The summed E-state index contributed by atoms with van der Waals surface area (Å²) in [6.07, 6.45) is 6.03. The van der Waals surface area contributed by atoms with Gasteiger partial charge in [-0.2, -0.15) is 0 Å². The number of ether oxygens (including phenoxy) is 1. The van der Waals surface area contributed by atoms with Crippen LogP contribution in [0.3, 0.4) is 0 Å². The monoisotopic (exact) mass is 179 g/mol. The van der Waals surface area contributed by atoms with Gasteiger partial charge in [0, 0.05) is 12.4 Å². The first kappa shape index (κ1) is 8.35. The van der Waals surface area contributed by atoms with Gasteiger partial charge in [0.05, 0.1) is 12.2 Å². The lowest BCUT2D eigenvalue weighted by Gasteiger charge is -2.01. The SMILES string of the molecule is CCOC(=O)c1c[nH]cc1C1CC1. The Labute approximate surface area is 77.1 Å². The van der Waals surface area contributed by atoms with E-state index in [-0.39, 0.29) is 5.97 Å². The molecule has 0 unspecified atom stereocenters. The summed E-state index contributed by atoms with van der Waals surface area (Å²) in [5.74, 6) is 0.385. The first-order valence-corrected chi connectivity index (χ1v) is 4.66. The minimum Gasteiger partial charge on any atom is -0.462 e. The molecule has 0 saturated heterocycles.